The van der Waals surface area contributed by atoms with E-state index in [1.807, 2.05) is 22.6 Å². The Morgan fingerprint density at radius 2 is 2.19 bits per heavy atom. The number of nitrogens with zero attached hydrogens (tertiary/aromatic N) is 1. The third kappa shape index (κ3) is 2.69. The van der Waals surface area contributed by atoms with E-state index in [-0.39, 0.29) is 17.0 Å². The van der Waals surface area contributed by atoms with Gasteiger partial charge in [0.1, 0.15) is 9.32 Å². The Morgan fingerprint density at radius 3 is 2.62 bits per heavy atom. The summed E-state index contributed by atoms with van der Waals surface area (Å²) >= 11 is 1.84. The van der Waals surface area contributed by atoms with Crippen LogP contribution in [0.2, 0.25) is 0 Å². The van der Waals surface area contributed by atoms with Gasteiger partial charge in [0.15, 0.2) is 5.78 Å². The van der Waals surface area contributed by atoms with Gasteiger partial charge in [-0.25, -0.2) is 0 Å². The number of rotatable bonds is 4. The topological polar surface area (TPSA) is 69.4 Å². The van der Waals surface area contributed by atoms with Crippen molar-refractivity contribution in [2.45, 2.75) is 13.8 Å². The van der Waals surface area contributed by atoms with Crippen molar-refractivity contribution >= 4 is 34.1 Å². The predicted octanol–water partition coefficient (Wildman–Crippen LogP) is 2.80. The van der Waals surface area contributed by atoms with E-state index in [0.29, 0.717) is 15.9 Å². The molecule has 5 nitrogen and oxygen atoms in total. The summed E-state index contributed by atoms with van der Waals surface area (Å²) < 4.78 is 5.67. The third-order valence-electron chi connectivity index (χ3n) is 1.92. The highest BCUT2D eigenvalue weighted by molar-refractivity contribution is 14.1. The lowest BCUT2D eigenvalue weighted by atomic mass is 10.1. The second kappa shape index (κ2) is 5.24. The number of halogens is 1. The number of ether oxygens (including phenoxy) is 1. The van der Waals surface area contributed by atoms with Crippen LogP contribution in [0.3, 0.4) is 0 Å². The molecule has 0 aromatic heterocycles. The highest BCUT2D eigenvalue weighted by Gasteiger charge is 2.19. The molecular weight excluding hydrogens is 325 g/mol. The van der Waals surface area contributed by atoms with Gasteiger partial charge in [-0.2, -0.15) is 0 Å². The molecule has 16 heavy (non-hydrogen) atoms. The molecule has 0 heterocycles. The van der Waals surface area contributed by atoms with E-state index in [1.54, 1.807) is 6.92 Å². The van der Waals surface area contributed by atoms with Crippen LogP contribution in [-0.4, -0.2) is 17.3 Å². The van der Waals surface area contributed by atoms with Crippen molar-refractivity contribution in [3.63, 3.8) is 0 Å². The first kappa shape index (κ1) is 12.9. The van der Waals surface area contributed by atoms with Crippen molar-refractivity contribution in [2.24, 2.45) is 0 Å². The summed E-state index contributed by atoms with van der Waals surface area (Å²) in [5.41, 5.74) is 0.187. The summed E-state index contributed by atoms with van der Waals surface area (Å²) in [7, 11) is 0. The lowest BCUT2D eigenvalue weighted by Crippen LogP contribution is -2.02. The van der Waals surface area contributed by atoms with E-state index in [9.17, 15) is 14.9 Å². The van der Waals surface area contributed by atoms with Crippen molar-refractivity contribution in [1.82, 2.24) is 0 Å². The Morgan fingerprint density at radius 1 is 1.56 bits per heavy atom. The summed E-state index contributed by atoms with van der Waals surface area (Å²) in [6, 6.07) is 2.80. The van der Waals surface area contributed by atoms with E-state index in [4.69, 9.17) is 4.74 Å². The number of nitro benzene ring substituents is 1. The molecule has 0 spiro atoms. The van der Waals surface area contributed by atoms with Gasteiger partial charge in [-0.15, -0.1) is 0 Å². The molecule has 0 N–H and O–H groups in total. The van der Waals surface area contributed by atoms with Crippen molar-refractivity contribution in [3.05, 3.63) is 31.4 Å². The van der Waals surface area contributed by atoms with Gasteiger partial charge in [0.25, 0.3) is 5.69 Å². The van der Waals surface area contributed by atoms with Gasteiger partial charge in [-0.05, 0) is 42.5 Å². The van der Waals surface area contributed by atoms with Crippen molar-refractivity contribution in [2.75, 3.05) is 6.61 Å². The Bertz CT molecular complexity index is 445. The SMILES string of the molecule is CCOc1cc(C(C)=O)cc([N+](=O)[O-])c1I. The number of carbonyl (C=O) groups excluding carboxylic acids is 1. The van der Waals surface area contributed by atoms with Gasteiger partial charge >= 0.3 is 0 Å². The highest BCUT2D eigenvalue weighted by Crippen LogP contribution is 2.32. The average molecular weight is 335 g/mol. The molecule has 0 aliphatic rings. The molecule has 0 unspecified atom stereocenters. The minimum atomic E-state index is -0.517. The number of benzene rings is 1. The lowest BCUT2D eigenvalue weighted by Gasteiger charge is -2.07. The van der Waals surface area contributed by atoms with Gasteiger partial charge in [0.2, 0.25) is 0 Å². The summed E-state index contributed by atoms with van der Waals surface area (Å²) in [5, 5.41) is 10.8. The summed E-state index contributed by atoms with van der Waals surface area (Å²) in [4.78, 5) is 21.5. The van der Waals surface area contributed by atoms with Crippen LogP contribution in [-0.2, 0) is 0 Å². The quantitative estimate of drug-likeness (QED) is 0.367. The minimum Gasteiger partial charge on any atom is -0.492 e. The Kier molecular flexibility index (Phi) is 4.22. The normalized spacial score (nSPS) is 9.94. The van der Waals surface area contributed by atoms with Gasteiger partial charge in [-0.3, -0.25) is 14.9 Å². The maximum atomic E-state index is 11.2. The molecular formula is C10H10INO4. The number of nitro groups is 1. The van der Waals surface area contributed by atoms with Crippen LogP contribution in [0.1, 0.15) is 24.2 Å². The summed E-state index contributed by atoms with van der Waals surface area (Å²) in [6.07, 6.45) is 0. The van der Waals surface area contributed by atoms with Crippen LogP contribution in [0.15, 0.2) is 12.1 Å². The molecule has 0 saturated carbocycles. The highest BCUT2D eigenvalue weighted by atomic mass is 127. The molecule has 1 rings (SSSR count). The zero-order chi connectivity index (χ0) is 12.3. The maximum absolute atomic E-state index is 11.2. The molecule has 0 atom stereocenters. The molecule has 1 aromatic carbocycles. The van der Waals surface area contributed by atoms with E-state index >= 15 is 0 Å². The van der Waals surface area contributed by atoms with E-state index in [0.717, 1.165) is 0 Å². The standard InChI is InChI=1S/C10H10INO4/c1-3-16-9-5-7(6(2)13)4-8(10(9)11)12(14)15/h4-5H,3H2,1-2H3. The van der Waals surface area contributed by atoms with Gasteiger partial charge < -0.3 is 4.74 Å². The van der Waals surface area contributed by atoms with E-state index in [2.05, 4.69) is 0 Å². The fraction of sp³-hybridized carbons (Fsp3) is 0.300. The smallest absolute Gasteiger partial charge is 0.287 e. The Balaban J connectivity index is 3.38. The van der Waals surface area contributed by atoms with Crippen LogP contribution < -0.4 is 4.74 Å². The second-order valence-corrected chi connectivity index (χ2v) is 4.13. The average Bonchev–Trinajstić information content (AvgIpc) is 2.20. The molecule has 0 saturated heterocycles. The third-order valence-corrected chi connectivity index (χ3v) is 3.01. The van der Waals surface area contributed by atoms with Gasteiger partial charge in [-0.1, -0.05) is 0 Å². The first-order valence-electron chi connectivity index (χ1n) is 4.59. The van der Waals surface area contributed by atoms with E-state index < -0.39 is 4.92 Å². The van der Waals surface area contributed by atoms with Crippen molar-refractivity contribution < 1.29 is 14.5 Å². The predicted molar refractivity (Wildman–Crippen MR) is 67.0 cm³/mol. The van der Waals surface area contributed by atoms with Crippen molar-refractivity contribution in [3.8, 4) is 5.75 Å². The number of ketones is 1. The number of carbonyl (C=O) groups is 1. The van der Waals surface area contributed by atoms with Crippen LogP contribution in [0.25, 0.3) is 0 Å². The van der Waals surface area contributed by atoms with E-state index in [1.165, 1.54) is 19.1 Å². The molecule has 6 heteroatoms. The minimum absolute atomic E-state index is 0.100. The Labute approximate surface area is 106 Å². The summed E-state index contributed by atoms with van der Waals surface area (Å²) in [6.45, 7) is 3.54. The number of hydrogen-bond acceptors (Lipinski definition) is 4. The lowest BCUT2D eigenvalue weighted by molar-refractivity contribution is -0.385. The zero-order valence-electron chi connectivity index (χ0n) is 8.82. The number of hydrogen-bond donors (Lipinski definition) is 0. The van der Waals surface area contributed by atoms with Crippen LogP contribution in [0, 0.1) is 13.7 Å². The summed E-state index contributed by atoms with van der Waals surface area (Å²) in [5.74, 6) is 0.156. The number of Topliss-reactive ketones (excluding diaryl/α,β-unsaturated/α-hetero) is 1. The molecule has 0 bridgehead atoms. The zero-order valence-corrected chi connectivity index (χ0v) is 11.0. The maximum Gasteiger partial charge on any atom is 0.287 e. The van der Waals surface area contributed by atoms with Gasteiger partial charge in [0.05, 0.1) is 11.5 Å². The molecule has 0 amide bonds. The molecule has 1 aromatic rings. The molecule has 0 aliphatic carbocycles. The fourth-order valence-corrected chi connectivity index (χ4v) is 1.84. The Hall–Kier alpha value is -1.18. The van der Waals surface area contributed by atoms with Gasteiger partial charge in [0, 0.05) is 11.6 Å². The van der Waals surface area contributed by atoms with Crippen LogP contribution in [0.5, 0.6) is 5.75 Å². The second-order valence-electron chi connectivity index (χ2n) is 3.05. The first-order chi connectivity index (χ1) is 7.47. The molecule has 0 fully saturated rings. The molecule has 86 valence electrons. The van der Waals surface area contributed by atoms with Crippen LogP contribution in [0.4, 0.5) is 5.69 Å². The van der Waals surface area contributed by atoms with Crippen LogP contribution >= 0.6 is 22.6 Å². The van der Waals surface area contributed by atoms with Crippen molar-refractivity contribution in [1.29, 1.82) is 0 Å². The fourth-order valence-electron chi connectivity index (χ4n) is 1.18. The molecule has 0 radical (unpaired) electrons. The largest absolute Gasteiger partial charge is 0.492 e. The molecule has 0 aliphatic heterocycles. The monoisotopic (exact) mass is 335 g/mol. The first-order valence-corrected chi connectivity index (χ1v) is 5.67.